The fourth-order valence-electron chi connectivity index (χ4n) is 1.43. The summed E-state index contributed by atoms with van der Waals surface area (Å²) in [7, 11) is 0. The van der Waals surface area contributed by atoms with Gasteiger partial charge in [0, 0.05) is 11.1 Å². The van der Waals surface area contributed by atoms with Crippen molar-refractivity contribution in [1.29, 1.82) is 0 Å². The zero-order valence-corrected chi connectivity index (χ0v) is 10.6. The lowest BCUT2D eigenvalue weighted by Crippen LogP contribution is -2.51. The molecule has 1 amide bonds. The molecule has 2 N–H and O–H groups in total. The molecular formula is C13H15F2NO3. The first kappa shape index (κ1) is 15.1. The molecule has 1 aromatic rings. The van der Waals surface area contributed by atoms with Gasteiger partial charge >= 0.3 is 5.97 Å². The molecule has 0 spiro atoms. The van der Waals surface area contributed by atoms with Gasteiger partial charge in [0.2, 0.25) is 0 Å². The Morgan fingerprint density at radius 3 is 2.53 bits per heavy atom. The zero-order chi connectivity index (χ0) is 14.6. The molecule has 1 atom stereocenters. The molecular weight excluding hydrogens is 256 g/mol. The number of hydrogen-bond donors (Lipinski definition) is 2. The van der Waals surface area contributed by atoms with Crippen LogP contribution in [0.4, 0.5) is 8.78 Å². The molecule has 0 saturated carbocycles. The summed E-state index contributed by atoms with van der Waals surface area (Å²) in [5, 5.41) is 11.4. The van der Waals surface area contributed by atoms with Gasteiger partial charge in [-0.05, 0) is 25.5 Å². The number of halogens is 2. The number of nitrogens with one attached hydrogen (secondary N) is 1. The second-order valence-electron chi connectivity index (χ2n) is 4.37. The van der Waals surface area contributed by atoms with E-state index in [-0.39, 0.29) is 17.5 Å². The van der Waals surface area contributed by atoms with Crippen LogP contribution < -0.4 is 5.32 Å². The van der Waals surface area contributed by atoms with E-state index in [0.717, 1.165) is 6.07 Å². The average Bonchev–Trinajstić information content (AvgIpc) is 2.38. The molecule has 19 heavy (non-hydrogen) atoms. The average molecular weight is 271 g/mol. The molecule has 0 aromatic heterocycles. The Balaban J connectivity index is 2.95. The van der Waals surface area contributed by atoms with Crippen molar-refractivity contribution in [2.45, 2.75) is 32.2 Å². The summed E-state index contributed by atoms with van der Waals surface area (Å²) < 4.78 is 25.0. The number of alkyl halides is 2. The molecule has 6 heteroatoms. The van der Waals surface area contributed by atoms with Crippen LogP contribution in [-0.4, -0.2) is 22.5 Å². The zero-order valence-electron chi connectivity index (χ0n) is 10.6. The van der Waals surface area contributed by atoms with E-state index in [4.69, 9.17) is 5.11 Å². The topological polar surface area (TPSA) is 66.4 Å². The molecule has 0 saturated heterocycles. The van der Waals surface area contributed by atoms with E-state index in [1.165, 1.54) is 25.1 Å². The molecule has 0 aliphatic rings. The maximum absolute atomic E-state index is 12.5. The molecule has 104 valence electrons. The van der Waals surface area contributed by atoms with Gasteiger partial charge in [-0.2, -0.15) is 0 Å². The van der Waals surface area contributed by atoms with Gasteiger partial charge in [0.15, 0.2) is 0 Å². The van der Waals surface area contributed by atoms with Crippen LogP contribution in [-0.2, 0) is 4.79 Å². The van der Waals surface area contributed by atoms with Crippen LogP contribution in [0.1, 0.15) is 42.6 Å². The highest BCUT2D eigenvalue weighted by Gasteiger charge is 2.33. The van der Waals surface area contributed by atoms with Gasteiger partial charge in [-0.25, -0.2) is 13.6 Å². The molecule has 1 aromatic carbocycles. The van der Waals surface area contributed by atoms with Crippen molar-refractivity contribution in [3.05, 3.63) is 35.4 Å². The van der Waals surface area contributed by atoms with Crippen molar-refractivity contribution in [2.24, 2.45) is 0 Å². The number of hydrogen-bond acceptors (Lipinski definition) is 2. The summed E-state index contributed by atoms with van der Waals surface area (Å²) in [5.41, 5.74) is -1.68. The second-order valence-corrected chi connectivity index (χ2v) is 4.37. The van der Waals surface area contributed by atoms with Crippen LogP contribution in [0.2, 0.25) is 0 Å². The number of carboxylic acid groups (broad SMARTS) is 1. The third-order valence-electron chi connectivity index (χ3n) is 2.97. The Bertz CT molecular complexity index is 491. The largest absolute Gasteiger partial charge is 0.480 e. The summed E-state index contributed by atoms with van der Waals surface area (Å²) in [6.07, 6.45) is -2.49. The third kappa shape index (κ3) is 3.49. The Labute approximate surface area is 109 Å². The van der Waals surface area contributed by atoms with E-state index < -0.39 is 23.8 Å². The van der Waals surface area contributed by atoms with E-state index in [2.05, 4.69) is 5.32 Å². The van der Waals surface area contributed by atoms with Crippen LogP contribution in [0.3, 0.4) is 0 Å². The number of benzene rings is 1. The number of amides is 1. The lowest BCUT2D eigenvalue weighted by atomic mass is 9.98. The number of carbonyl (C=O) groups is 2. The van der Waals surface area contributed by atoms with Crippen molar-refractivity contribution in [1.82, 2.24) is 5.32 Å². The Hall–Kier alpha value is -1.98. The van der Waals surface area contributed by atoms with Crippen LogP contribution in [0, 0.1) is 0 Å². The highest BCUT2D eigenvalue weighted by Crippen LogP contribution is 2.20. The molecule has 0 aliphatic heterocycles. The summed E-state index contributed by atoms with van der Waals surface area (Å²) >= 11 is 0. The Kier molecular flexibility index (Phi) is 4.58. The summed E-state index contributed by atoms with van der Waals surface area (Å²) in [6.45, 7) is 2.98. The SMILES string of the molecule is CCC(C)(NC(=O)c1cccc(C(F)F)c1)C(=O)O. The van der Waals surface area contributed by atoms with Crippen LogP contribution in [0.5, 0.6) is 0 Å². The highest BCUT2D eigenvalue weighted by molar-refractivity contribution is 5.97. The molecule has 0 aliphatic carbocycles. The van der Waals surface area contributed by atoms with E-state index in [1.807, 2.05) is 0 Å². The maximum Gasteiger partial charge on any atom is 0.329 e. The fraction of sp³-hybridized carbons (Fsp3) is 0.385. The van der Waals surface area contributed by atoms with E-state index in [1.54, 1.807) is 6.92 Å². The molecule has 0 fully saturated rings. The van der Waals surface area contributed by atoms with Crippen molar-refractivity contribution in [2.75, 3.05) is 0 Å². The van der Waals surface area contributed by atoms with Crippen LogP contribution in [0.15, 0.2) is 24.3 Å². The predicted molar refractivity (Wildman–Crippen MR) is 65.2 cm³/mol. The number of aliphatic carboxylic acids is 1. The van der Waals surface area contributed by atoms with Crippen molar-refractivity contribution < 1.29 is 23.5 Å². The summed E-state index contributed by atoms with van der Waals surface area (Å²) in [4.78, 5) is 22.9. The standard InChI is InChI=1S/C13H15F2NO3/c1-3-13(2,12(18)19)16-11(17)9-6-4-5-8(7-9)10(14)15/h4-7,10H,3H2,1-2H3,(H,16,17)(H,18,19). The van der Waals surface area contributed by atoms with Crippen molar-refractivity contribution in [3.63, 3.8) is 0 Å². The Morgan fingerprint density at radius 1 is 1.42 bits per heavy atom. The summed E-state index contributed by atoms with van der Waals surface area (Å²) in [5.74, 6) is -1.86. The molecule has 1 unspecified atom stereocenters. The lowest BCUT2D eigenvalue weighted by molar-refractivity contribution is -0.143. The first-order valence-corrected chi connectivity index (χ1v) is 5.74. The van der Waals surface area contributed by atoms with Gasteiger partial charge in [0.25, 0.3) is 12.3 Å². The number of carboxylic acids is 1. The van der Waals surface area contributed by atoms with Gasteiger partial charge in [-0.3, -0.25) is 4.79 Å². The monoisotopic (exact) mass is 271 g/mol. The predicted octanol–water partition coefficient (Wildman–Crippen LogP) is 2.61. The minimum Gasteiger partial charge on any atom is -0.480 e. The van der Waals surface area contributed by atoms with Gasteiger partial charge < -0.3 is 10.4 Å². The molecule has 0 heterocycles. The quantitative estimate of drug-likeness (QED) is 0.865. The van der Waals surface area contributed by atoms with Crippen molar-refractivity contribution >= 4 is 11.9 Å². The fourth-order valence-corrected chi connectivity index (χ4v) is 1.43. The van der Waals surface area contributed by atoms with Crippen LogP contribution in [0.25, 0.3) is 0 Å². The second kappa shape index (κ2) is 5.77. The lowest BCUT2D eigenvalue weighted by Gasteiger charge is -2.24. The third-order valence-corrected chi connectivity index (χ3v) is 2.97. The minimum absolute atomic E-state index is 0.0127. The van der Waals surface area contributed by atoms with Gasteiger partial charge in [-0.15, -0.1) is 0 Å². The molecule has 1 rings (SSSR count). The highest BCUT2D eigenvalue weighted by atomic mass is 19.3. The summed E-state index contributed by atoms with van der Waals surface area (Å²) in [6, 6.07) is 4.95. The van der Waals surface area contributed by atoms with Gasteiger partial charge in [0.1, 0.15) is 5.54 Å². The normalized spacial score (nSPS) is 13.9. The first-order valence-electron chi connectivity index (χ1n) is 5.74. The number of carbonyl (C=O) groups excluding carboxylic acids is 1. The van der Waals surface area contributed by atoms with E-state index in [0.29, 0.717) is 0 Å². The van der Waals surface area contributed by atoms with Crippen LogP contribution >= 0.6 is 0 Å². The number of rotatable bonds is 5. The smallest absolute Gasteiger partial charge is 0.329 e. The molecule has 0 radical (unpaired) electrons. The molecule has 0 bridgehead atoms. The van der Waals surface area contributed by atoms with Crippen molar-refractivity contribution in [3.8, 4) is 0 Å². The van der Waals surface area contributed by atoms with E-state index in [9.17, 15) is 18.4 Å². The minimum atomic E-state index is -2.68. The Morgan fingerprint density at radius 2 is 2.05 bits per heavy atom. The van der Waals surface area contributed by atoms with Gasteiger partial charge in [0.05, 0.1) is 0 Å². The van der Waals surface area contributed by atoms with E-state index >= 15 is 0 Å². The molecule has 4 nitrogen and oxygen atoms in total. The van der Waals surface area contributed by atoms with Gasteiger partial charge in [-0.1, -0.05) is 19.1 Å². The first-order chi connectivity index (χ1) is 8.80. The maximum atomic E-state index is 12.5.